The number of nitrogens with one attached hydrogen (secondary N) is 1. The number of carboxylic acid groups (broad SMARTS) is 1. The van der Waals surface area contributed by atoms with Gasteiger partial charge in [0, 0.05) is 23.7 Å². The van der Waals surface area contributed by atoms with E-state index in [1.807, 2.05) is 24.0 Å². The number of nitrogens with zero attached hydrogens (tertiary/aromatic N) is 2. The summed E-state index contributed by atoms with van der Waals surface area (Å²) in [5.74, 6) is -2.79. The highest BCUT2D eigenvalue weighted by atomic mass is 19.1. The molecule has 220 valence electrons. The molecule has 1 spiro atoms. The van der Waals surface area contributed by atoms with E-state index in [1.165, 1.54) is 0 Å². The van der Waals surface area contributed by atoms with E-state index >= 15 is 0 Å². The van der Waals surface area contributed by atoms with Crippen LogP contribution in [0.15, 0.2) is 47.5 Å². The van der Waals surface area contributed by atoms with Gasteiger partial charge in [-0.2, -0.15) is 0 Å². The van der Waals surface area contributed by atoms with Crippen LogP contribution in [0.3, 0.4) is 0 Å². The molecule has 0 radical (unpaired) electrons. The van der Waals surface area contributed by atoms with Crippen LogP contribution in [0.1, 0.15) is 100 Å². The second kappa shape index (κ2) is 12.1. The van der Waals surface area contributed by atoms with Crippen molar-refractivity contribution in [3.63, 3.8) is 0 Å². The van der Waals surface area contributed by atoms with E-state index in [-0.39, 0.29) is 47.5 Å². The molecule has 2 amide bonds. The Balaban J connectivity index is 1.69. The molecule has 0 bridgehead atoms. The lowest BCUT2D eigenvalue weighted by atomic mass is 9.69. The van der Waals surface area contributed by atoms with Gasteiger partial charge in [0.2, 0.25) is 0 Å². The van der Waals surface area contributed by atoms with E-state index in [0.717, 1.165) is 43.0 Å². The zero-order valence-corrected chi connectivity index (χ0v) is 24.2. The molecule has 2 aromatic rings. The molecule has 7 nitrogen and oxygen atoms in total. The molecule has 1 aliphatic heterocycles. The van der Waals surface area contributed by atoms with Crippen LogP contribution in [0, 0.1) is 23.0 Å². The number of carbonyl (C=O) groups is 3. The lowest BCUT2D eigenvalue weighted by molar-refractivity contribution is -0.137. The number of halogens is 2. The van der Waals surface area contributed by atoms with Gasteiger partial charge in [0.25, 0.3) is 11.8 Å². The predicted molar refractivity (Wildman–Crippen MR) is 153 cm³/mol. The van der Waals surface area contributed by atoms with E-state index in [4.69, 9.17) is 10.1 Å². The van der Waals surface area contributed by atoms with Gasteiger partial charge in [-0.15, -0.1) is 0 Å². The number of rotatable bonds is 9. The van der Waals surface area contributed by atoms with Crippen molar-refractivity contribution in [2.24, 2.45) is 16.3 Å². The summed E-state index contributed by atoms with van der Waals surface area (Å²) in [5.41, 5.74) is 0.709. The maximum atomic E-state index is 14.2. The van der Waals surface area contributed by atoms with E-state index in [0.29, 0.717) is 30.7 Å². The van der Waals surface area contributed by atoms with Gasteiger partial charge in [-0.25, -0.2) is 8.78 Å². The molecule has 1 fully saturated rings. The second-order valence-corrected chi connectivity index (χ2v) is 12.2. The topological polar surface area (TPSA) is 99.1 Å². The fourth-order valence-electron chi connectivity index (χ4n) is 6.18. The van der Waals surface area contributed by atoms with Crippen molar-refractivity contribution in [3.8, 4) is 0 Å². The first kappa shape index (κ1) is 30.3. The molecule has 1 aliphatic carbocycles. The second-order valence-electron chi connectivity index (χ2n) is 12.2. The van der Waals surface area contributed by atoms with Gasteiger partial charge in [0.05, 0.1) is 12.5 Å². The highest BCUT2D eigenvalue weighted by Crippen LogP contribution is 2.49. The summed E-state index contributed by atoms with van der Waals surface area (Å²) >= 11 is 0. The largest absolute Gasteiger partial charge is 0.481 e. The third-order valence-corrected chi connectivity index (χ3v) is 8.39. The number of amides is 2. The average molecular weight is 568 g/mol. The molecule has 0 saturated heterocycles. The molecule has 1 unspecified atom stereocenters. The van der Waals surface area contributed by atoms with Crippen molar-refractivity contribution in [2.45, 2.75) is 84.3 Å². The summed E-state index contributed by atoms with van der Waals surface area (Å²) < 4.78 is 28.4. The van der Waals surface area contributed by atoms with Crippen LogP contribution in [0.25, 0.3) is 0 Å². The molecule has 4 rings (SSSR count). The third-order valence-electron chi connectivity index (χ3n) is 8.39. The maximum Gasteiger partial charge on any atom is 0.305 e. The Kier molecular flexibility index (Phi) is 8.94. The number of carboxylic acids is 1. The molecular weight excluding hydrogens is 528 g/mol. The van der Waals surface area contributed by atoms with Crippen molar-refractivity contribution in [1.82, 2.24) is 10.2 Å². The number of aliphatic imine (C=N–C) groups is 1. The minimum absolute atomic E-state index is 0.0233. The Labute approximate surface area is 240 Å². The molecule has 1 heterocycles. The Hall–Kier alpha value is -3.62. The van der Waals surface area contributed by atoms with Crippen molar-refractivity contribution in [2.75, 3.05) is 6.54 Å². The Morgan fingerprint density at radius 1 is 1.10 bits per heavy atom. The Bertz CT molecular complexity index is 1310. The van der Waals surface area contributed by atoms with Crippen molar-refractivity contribution in [3.05, 3.63) is 70.8 Å². The van der Waals surface area contributed by atoms with Crippen LogP contribution < -0.4 is 5.32 Å². The minimum atomic E-state index is -0.994. The van der Waals surface area contributed by atoms with Gasteiger partial charge in [-0.3, -0.25) is 19.4 Å². The highest BCUT2D eigenvalue weighted by molar-refractivity contribution is 6.46. The number of hydrogen-bond acceptors (Lipinski definition) is 4. The molecule has 2 N–H and O–H groups in total. The first-order chi connectivity index (χ1) is 19.3. The Morgan fingerprint density at radius 2 is 1.71 bits per heavy atom. The van der Waals surface area contributed by atoms with Gasteiger partial charge in [-0.1, -0.05) is 46.2 Å². The standard InChI is InChI=1S/C32H39F2N3O4/c1-5-6-26(20-7-9-21(10-8-20)29(40)35-16-13-27(38)39)37-30(41)28(22-17-24(33)19-25(34)18-22)36-32(37)14-11-23(12-15-32)31(2,3)4/h7-10,17-19,23,26H,5-6,11-16H2,1-4H3,(H,35,40)(H,38,39). The summed E-state index contributed by atoms with van der Waals surface area (Å²) in [6, 6.07) is 9.70. The van der Waals surface area contributed by atoms with Crippen molar-refractivity contribution < 1.29 is 28.3 Å². The first-order valence-electron chi connectivity index (χ1n) is 14.3. The molecule has 41 heavy (non-hydrogen) atoms. The highest BCUT2D eigenvalue weighted by Gasteiger charge is 2.52. The number of hydrogen-bond donors (Lipinski definition) is 2. The lowest BCUT2D eigenvalue weighted by Gasteiger charge is -2.47. The van der Waals surface area contributed by atoms with E-state index in [2.05, 4.69) is 26.1 Å². The smallest absolute Gasteiger partial charge is 0.305 e. The first-order valence-corrected chi connectivity index (χ1v) is 14.3. The summed E-state index contributed by atoms with van der Waals surface area (Å²) in [4.78, 5) is 44.2. The predicted octanol–water partition coefficient (Wildman–Crippen LogP) is 6.27. The van der Waals surface area contributed by atoms with Crippen molar-refractivity contribution >= 4 is 23.5 Å². The number of benzene rings is 2. The quantitative estimate of drug-likeness (QED) is 0.373. The van der Waals surface area contributed by atoms with Gasteiger partial charge >= 0.3 is 5.97 Å². The molecule has 9 heteroatoms. The molecule has 1 saturated carbocycles. The normalized spacial score (nSPS) is 21.6. The van der Waals surface area contributed by atoms with Gasteiger partial charge < -0.3 is 15.3 Å². The minimum Gasteiger partial charge on any atom is -0.481 e. The average Bonchev–Trinajstić information content (AvgIpc) is 3.17. The zero-order chi connectivity index (χ0) is 29.9. The number of carbonyl (C=O) groups excluding carboxylic acids is 2. The van der Waals surface area contributed by atoms with E-state index in [9.17, 15) is 23.2 Å². The Morgan fingerprint density at radius 3 is 2.24 bits per heavy atom. The van der Waals surface area contributed by atoms with Crippen molar-refractivity contribution in [1.29, 1.82) is 0 Å². The maximum absolute atomic E-state index is 14.2. The molecule has 1 atom stereocenters. The third kappa shape index (κ3) is 6.66. The van der Waals surface area contributed by atoms with Crippen LogP contribution in [0.4, 0.5) is 8.78 Å². The monoisotopic (exact) mass is 567 g/mol. The molecule has 2 aliphatic rings. The van der Waals surface area contributed by atoms with Crippen LogP contribution in [0.5, 0.6) is 0 Å². The van der Waals surface area contributed by atoms with Crippen LogP contribution in [0.2, 0.25) is 0 Å². The van der Waals surface area contributed by atoms with Gasteiger partial charge in [0.15, 0.2) is 0 Å². The van der Waals surface area contributed by atoms with E-state index < -0.39 is 23.3 Å². The summed E-state index contributed by atoms with van der Waals surface area (Å²) in [7, 11) is 0. The van der Waals surface area contributed by atoms with Gasteiger partial charge in [0.1, 0.15) is 23.0 Å². The fraction of sp³-hybridized carbons (Fsp3) is 0.500. The molecular formula is C32H39F2N3O4. The zero-order valence-electron chi connectivity index (χ0n) is 24.2. The summed E-state index contributed by atoms with van der Waals surface area (Å²) in [5, 5.41) is 11.4. The van der Waals surface area contributed by atoms with Crippen LogP contribution >= 0.6 is 0 Å². The lowest BCUT2D eigenvalue weighted by Crippen LogP contribution is -2.51. The fourth-order valence-corrected chi connectivity index (χ4v) is 6.18. The summed E-state index contributed by atoms with van der Waals surface area (Å²) in [6.07, 6.45) is 4.27. The van der Waals surface area contributed by atoms with Gasteiger partial charge in [-0.05, 0) is 73.3 Å². The van der Waals surface area contributed by atoms with E-state index in [1.54, 1.807) is 12.1 Å². The SMILES string of the molecule is CCCC(c1ccc(C(=O)NCCC(=O)O)cc1)N1C(=O)C(c2cc(F)cc(F)c2)=NC12CCC(C(C)(C)C)CC2. The number of aliphatic carboxylic acids is 1. The summed E-state index contributed by atoms with van der Waals surface area (Å²) in [6.45, 7) is 8.71. The van der Waals surface area contributed by atoms with Crippen LogP contribution in [-0.4, -0.2) is 45.7 Å². The molecule has 2 aromatic carbocycles. The van der Waals surface area contributed by atoms with Crippen LogP contribution in [-0.2, 0) is 9.59 Å². The molecule has 0 aromatic heterocycles.